The molecule has 0 saturated heterocycles. The molecule has 0 bridgehead atoms. The molecule has 2 rings (SSSR count). The molecular formula is C21H28N2O5S. The Kier molecular flexibility index (Phi) is 8.48. The third kappa shape index (κ3) is 7.75. The molecule has 0 aliphatic heterocycles. The van der Waals surface area contributed by atoms with Crippen molar-refractivity contribution in [2.24, 2.45) is 0 Å². The summed E-state index contributed by atoms with van der Waals surface area (Å²) in [7, 11) is -3.70. The van der Waals surface area contributed by atoms with E-state index in [9.17, 15) is 13.2 Å². The van der Waals surface area contributed by atoms with Gasteiger partial charge >= 0.3 is 0 Å². The molecule has 0 fully saturated rings. The molecular weight excluding hydrogens is 392 g/mol. The Morgan fingerprint density at radius 1 is 1.07 bits per heavy atom. The quantitative estimate of drug-likeness (QED) is 0.545. The number of rotatable bonds is 11. The second-order valence-electron chi connectivity index (χ2n) is 6.80. The lowest BCUT2D eigenvalue weighted by molar-refractivity contribution is -0.123. The van der Waals surface area contributed by atoms with Crippen molar-refractivity contribution in [3.63, 3.8) is 0 Å². The summed E-state index contributed by atoms with van der Waals surface area (Å²) in [6, 6.07) is 13.1. The van der Waals surface area contributed by atoms with Gasteiger partial charge in [-0.05, 0) is 63.1 Å². The van der Waals surface area contributed by atoms with E-state index in [0.717, 1.165) is 12.0 Å². The lowest BCUT2D eigenvalue weighted by Crippen LogP contribution is -2.30. The van der Waals surface area contributed by atoms with Gasteiger partial charge in [0, 0.05) is 13.2 Å². The van der Waals surface area contributed by atoms with Gasteiger partial charge in [0.05, 0.1) is 16.7 Å². The average molecular weight is 421 g/mol. The van der Waals surface area contributed by atoms with Gasteiger partial charge in [0.25, 0.3) is 15.9 Å². The highest BCUT2D eigenvalue weighted by Gasteiger charge is 2.15. The predicted molar refractivity (Wildman–Crippen MR) is 113 cm³/mol. The highest BCUT2D eigenvalue weighted by molar-refractivity contribution is 7.92. The number of aryl methyl sites for hydroxylation is 1. The Hall–Kier alpha value is -2.58. The lowest BCUT2D eigenvalue weighted by Gasteiger charge is -2.11. The highest BCUT2D eigenvalue weighted by Crippen LogP contribution is 2.21. The van der Waals surface area contributed by atoms with Crippen molar-refractivity contribution < 1.29 is 22.7 Å². The molecule has 7 nitrogen and oxygen atoms in total. The van der Waals surface area contributed by atoms with Crippen molar-refractivity contribution in [2.75, 3.05) is 24.5 Å². The minimum atomic E-state index is -3.70. The molecule has 29 heavy (non-hydrogen) atoms. The number of hydrogen-bond donors (Lipinski definition) is 2. The Morgan fingerprint density at radius 3 is 2.41 bits per heavy atom. The third-order valence-electron chi connectivity index (χ3n) is 3.99. The molecule has 0 aliphatic rings. The SMILES string of the molecule is Cc1ccccc1NS(=O)(=O)c1ccc(OCC(=O)NCCCOC(C)C)cc1. The Labute approximate surface area is 172 Å². The van der Waals surface area contributed by atoms with Crippen molar-refractivity contribution in [1.29, 1.82) is 0 Å². The molecule has 0 aromatic heterocycles. The number of para-hydroxylation sites is 1. The van der Waals surface area contributed by atoms with E-state index in [0.29, 0.717) is 24.6 Å². The lowest BCUT2D eigenvalue weighted by atomic mass is 10.2. The van der Waals surface area contributed by atoms with Crippen LogP contribution in [-0.4, -0.2) is 40.2 Å². The van der Waals surface area contributed by atoms with E-state index in [1.807, 2.05) is 32.9 Å². The number of benzene rings is 2. The van der Waals surface area contributed by atoms with Crippen LogP contribution in [0.25, 0.3) is 0 Å². The topological polar surface area (TPSA) is 93.7 Å². The number of amides is 1. The van der Waals surface area contributed by atoms with Crippen molar-refractivity contribution in [3.05, 3.63) is 54.1 Å². The fraction of sp³-hybridized carbons (Fsp3) is 0.381. The summed E-state index contributed by atoms with van der Waals surface area (Å²) in [5, 5.41) is 2.75. The monoisotopic (exact) mass is 420 g/mol. The maximum absolute atomic E-state index is 12.5. The van der Waals surface area contributed by atoms with Gasteiger partial charge in [-0.1, -0.05) is 18.2 Å². The summed E-state index contributed by atoms with van der Waals surface area (Å²) in [4.78, 5) is 11.9. The maximum atomic E-state index is 12.5. The van der Waals surface area contributed by atoms with Crippen LogP contribution in [0.4, 0.5) is 5.69 Å². The van der Waals surface area contributed by atoms with Crippen molar-refractivity contribution in [2.45, 2.75) is 38.2 Å². The van der Waals surface area contributed by atoms with Crippen molar-refractivity contribution in [3.8, 4) is 5.75 Å². The number of nitrogens with one attached hydrogen (secondary N) is 2. The molecule has 0 spiro atoms. The van der Waals surface area contributed by atoms with Crippen LogP contribution in [0.5, 0.6) is 5.75 Å². The van der Waals surface area contributed by atoms with Crippen LogP contribution in [0.1, 0.15) is 25.8 Å². The Morgan fingerprint density at radius 2 is 1.76 bits per heavy atom. The molecule has 0 saturated carbocycles. The summed E-state index contributed by atoms with van der Waals surface area (Å²) < 4.78 is 38.4. The van der Waals surface area contributed by atoms with E-state index in [1.165, 1.54) is 24.3 Å². The van der Waals surface area contributed by atoms with Gasteiger partial charge in [0.2, 0.25) is 0 Å². The summed E-state index contributed by atoms with van der Waals surface area (Å²) in [6.45, 7) is 6.71. The minimum Gasteiger partial charge on any atom is -0.484 e. The second-order valence-corrected chi connectivity index (χ2v) is 8.49. The molecule has 8 heteroatoms. The van der Waals surface area contributed by atoms with Crippen LogP contribution >= 0.6 is 0 Å². The zero-order chi connectivity index (χ0) is 21.3. The Bertz CT molecular complexity index is 896. The number of anilines is 1. The van der Waals surface area contributed by atoms with Gasteiger partial charge in [-0.3, -0.25) is 9.52 Å². The molecule has 0 unspecified atom stereocenters. The first kappa shape index (κ1) is 22.7. The first-order valence-corrected chi connectivity index (χ1v) is 11.0. The molecule has 0 radical (unpaired) electrons. The minimum absolute atomic E-state index is 0.114. The fourth-order valence-corrected chi connectivity index (χ4v) is 3.56. The van der Waals surface area contributed by atoms with Crippen molar-refractivity contribution in [1.82, 2.24) is 5.32 Å². The molecule has 158 valence electrons. The Balaban J connectivity index is 1.82. The van der Waals surface area contributed by atoms with Gasteiger partial charge in [-0.25, -0.2) is 8.42 Å². The van der Waals surface area contributed by atoms with Crippen LogP contribution in [0.3, 0.4) is 0 Å². The average Bonchev–Trinajstić information content (AvgIpc) is 2.68. The zero-order valence-electron chi connectivity index (χ0n) is 17.0. The fourth-order valence-electron chi connectivity index (χ4n) is 2.43. The molecule has 0 heterocycles. The number of carbonyl (C=O) groups excluding carboxylic acids is 1. The maximum Gasteiger partial charge on any atom is 0.261 e. The van der Waals surface area contributed by atoms with Gasteiger partial charge in [0.15, 0.2) is 6.61 Å². The van der Waals surface area contributed by atoms with Gasteiger partial charge < -0.3 is 14.8 Å². The number of ether oxygens (including phenoxy) is 2. The van der Waals surface area contributed by atoms with E-state index >= 15 is 0 Å². The summed E-state index contributed by atoms with van der Waals surface area (Å²) in [6.07, 6.45) is 0.900. The van der Waals surface area contributed by atoms with E-state index in [2.05, 4.69) is 10.0 Å². The van der Waals surface area contributed by atoms with Gasteiger partial charge in [-0.15, -0.1) is 0 Å². The standard InChI is InChI=1S/C21H28N2O5S/c1-16(2)27-14-6-13-22-21(24)15-28-18-9-11-19(12-10-18)29(25,26)23-20-8-5-4-7-17(20)3/h4-5,7-12,16,23H,6,13-15H2,1-3H3,(H,22,24). The second kappa shape index (κ2) is 10.8. The van der Waals surface area contributed by atoms with Crippen LogP contribution in [0, 0.1) is 6.92 Å². The molecule has 0 aliphatic carbocycles. The van der Waals surface area contributed by atoms with Gasteiger partial charge in [-0.2, -0.15) is 0 Å². The molecule has 1 amide bonds. The van der Waals surface area contributed by atoms with Gasteiger partial charge in [0.1, 0.15) is 5.75 Å². The largest absolute Gasteiger partial charge is 0.484 e. The van der Waals surface area contributed by atoms with Crippen LogP contribution in [0.2, 0.25) is 0 Å². The zero-order valence-corrected chi connectivity index (χ0v) is 17.8. The van der Waals surface area contributed by atoms with Crippen LogP contribution < -0.4 is 14.8 Å². The van der Waals surface area contributed by atoms with E-state index < -0.39 is 10.0 Å². The number of carbonyl (C=O) groups is 1. The molecule has 2 aromatic rings. The summed E-state index contributed by atoms with van der Waals surface area (Å²) in [5.74, 6) is 0.172. The summed E-state index contributed by atoms with van der Waals surface area (Å²) in [5.41, 5.74) is 1.36. The smallest absolute Gasteiger partial charge is 0.261 e. The summed E-state index contributed by atoms with van der Waals surface area (Å²) >= 11 is 0. The normalized spacial score (nSPS) is 11.3. The predicted octanol–water partition coefficient (Wildman–Crippen LogP) is 3.11. The molecule has 2 aromatic carbocycles. The third-order valence-corrected chi connectivity index (χ3v) is 5.37. The van der Waals surface area contributed by atoms with Crippen LogP contribution in [-0.2, 0) is 19.6 Å². The van der Waals surface area contributed by atoms with Crippen molar-refractivity contribution >= 4 is 21.6 Å². The molecule has 2 N–H and O–H groups in total. The van der Waals surface area contributed by atoms with E-state index in [1.54, 1.807) is 12.1 Å². The van der Waals surface area contributed by atoms with E-state index in [-0.39, 0.29) is 23.5 Å². The van der Waals surface area contributed by atoms with Crippen LogP contribution in [0.15, 0.2) is 53.4 Å². The first-order chi connectivity index (χ1) is 13.8. The first-order valence-electron chi connectivity index (χ1n) is 9.47. The number of sulfonamides is 1. The molecule has 0 atom stereocenters. The number of hydrogen-bond acceptors (Lipinski definition) is 5. The van der Waals surface area contributed by atoms with E-state index in [4.69, 9.17) is 9.47 Å². The highest BCUT2D eigenvalue weighted by atomic mass is 32.2.